The van der Waals surface area contributed by atoms with E-state index in [1.54, 1.807) is 11.8 Å². The van der Waals surface area contributed by atoms with Crippen molar-refractivity contribution in [2.24, 2.45) is 0 Å². The smallest absolute Gasteiger partial charge is 0.0491 e. The maximum Gasteiger partial charge on any atom is 0.0491 e. The number of hydrogen-bond donors (Lipinski definition) is 1. The van der Waals surface area contributed by atoms with Gasteiger partial charge in [0, 0.05) is 9.48 Å². The summed E-state index contributed by atoms with van der Waals surface area (Å²) in [6, 6.07) is 10.3. The summed E-state index contributed by atoms with van der Waals surface area (Å²) in [5, 5.41) is 0. The van der Waals surface area contributed by atoms with E-state index in [0.717, 1.165) is 0 Å². The lowest BCUT2D eigenvalue weighted by atomic mass is 10.4. The van der Waals surface area contributed by atoms with E-state index < -0.39 is 0 Å². The van der Waals surface area contributed by atoms with Crippen molar-refractivity contribution in [1.82, 2.24) is 0 Å². The van der Waals surface area contributed by atoms with Crippen LogP contribution >= 0.6 is 24.4 Å². The summed E-state index contributed by atoms with van der Waals surface area (Å²) < 4.78 is 0.377. The molecule has 10 heavy (non-hydrogen) atoms. The Morgan fingerprint density at radius 2 is 1.90 bits per heavy atom. The standard InChI is InChI=1S/C8H10S2/c1-7(9)10-8-5-3-2-4-6-8/h2-7,9H,1H3. The van der Waals surface area contributed by atoms with Crippen LogP contribution in [0.2, 0.25) is 0 Å². The monoisotopic (exact) mass is 170 g/mol. The van der Waals surface area contributed by atoms with E-state index in [4.69, 9.17) is 0 Å². The van der Waals surface area contributed by atoms with Crippen LogP contribution in [0.5, 0.6) is 0 Å². The van der Waals surface area contributed by atoms with Gasteiger partial charge in [0.25, 0.3) is 0 Å². The molecule has 54 valence electrons. The Morgan fingerprint density at radius 3 is 2.40 bits per heavy atom. The van der Waals surface area contributed by atoms with Gasteiger partial charge in [0.1, 0.15) is 0 Å². The third-order valence-corrected chi connectivity index (χ3v) is 2.25. The van der Waals surface area contributed by atoms with Crippen LogP contribution in [0.1, 0.15) is 6.92 Å². The summed E-state index contributed by atoms with van der Waals surface area (Å²) in [7, 11) is 0. The lowest BCUT2D eigenvalue weighted by Gasteiger charge is -2.01. The molecule has 0 N–H and O–H groups in total. The molecular weight excluding hydrogens is 160 g/mol. The van der Waals surface area contributed by atoms with E-state index in [-0.39, 0.29) is 0 Å². The predicted octanol–water partition coefficient (Wildman–Crippen LogP) is 3.05. The average Bonchev–Trinajstić information content (AvgIpc) is 1.88. The van der Waals surface area contributed by atoms with Crippen LogP contribution in [0.4, 0.5) is 0 Å². The highest BCUT2D eigenvalue weighted by Gasteiger charge is 1.95. The minimum atomic E-state index is 0.377. The van der Waals surface area contributed by atoms with Crippen LogP contribution in [0.3, 0.4) is 0 Å². The summed E-state index contributed by atoms with van der Waals surface area (Å²) in [6.07, 6.45) is 0. The van der Waals surface area contributed by atoms with Gasteiger partial charge in [0.15, 0.2) is 0 Å². The molecule has 0 saturated heterocycles. The quantitative estimate of drug-likeness (QED) is 0.404. The highest BCUT2D eigenvalue weighted by atomic mass is 32.2. The summed E-state index contributed by atoms with van der Waals surface area (Å²) in [5.41, 5.74) is 0. The van der Waals surface area contributed by atoms with Crippen LogP contribution in [-0.4, -0.2) is 4.58 Å². The van der Waals surface area contributed by atoms with Gasteiger partial charge in [-0.25, -0.2) is 0 Å². The molecule has 1 aromatic rings. The van der Waals surface area contributed by atoms with Gasteiger partial charge in [-0.05, 0) is 19.1 Å². The first-order chi connectivity index (χ1) is 4.79. The summed E-state index contributed by atoms with van der Waals surface area (Å²) in [6.45, 7) is 2.07. The molecular formula is C8H10S2. The van der Waals surface area contributed by atoms with Gasteiger partial charge in [-0.15, -0.1) is 11.8 Å². The molecule has 0 aliphatic heterocycles. The highest BCUT2D eigenvalue weighted by molar-refractivity contribution is 8.10. The largest absolute Gasteiger partial charge is 0.165 e. The maximum absolute atomic E-state index is 4.27. The Bertz CT molecular complexity index is 182. The van der Waals surface area contributed by atoms with Gasteiger partial charge in [-0.3, -0.25) is 0 Å². The zero-order valence-electron chi connectivity index (χ0n) is 5.82. The summed E-state index contributed by atoms with van der Waals surface area (Å²) in [4.78, 5) is 1.28. The number of rotatable bonds is 2. The second kappa shape index (κ2) is 3.94. The highest BCUT2D eigenvalue weighted by Crippen LogP contribution is 2.23. The average molecular weight is 170 g/mol. The zero-order chi connectivity index (χ0) is 7.40. The van der Waals surface area contributed by atoms with Crippen LogP contribution in [0, 0.1) is 0 Å². The van der Waals surface area contributed by atoms with Crippen molar-refractivity contribution < 1.29 is 0 Å². The molecule has 0 heterocycles. The van der Waals surface area contributed by atoms with Gasteiger partial charge in [0.2, 0.25) is 0 Å². The molecule has 0 radical (unpaired) electrons. The first-order valence-electron chi connectivity index (χ1n) is 3.19. The van der Waals surface area contributed by atoms with Crippen molar-refractivity contribution in [2.45, 2.75) is 16.4 Å². The molecule has 0 aliphatic carbocycles. The SMILES string of the molecule is CC(S)Sc1ccccc1. The van der Waals surface area contributed by atoms with E-state index in [2.05, 4.69) is 31.7 Å². The number of benzene rings is 1. The van der Waals surface area contributed by atoms with E-state index in [0.29, 0.717) is 4.58 Å². The van der Waals surface area contributed by atoms with E-state index in [1.807, 2.05) is 18.2 Å². The molecule has 1 unspecified atom stereocenters. The van der Waals surface area contributed by atoms with Crippen LogP contribution in [0.25, 0.3) is 0 Å². The van der Waals surface area contributed by atoms with Gasteiger partial charge in [-0.2, -0.15) is 12.6 Å². The minimum absolute atomic E-state index is 0.377. The fraction of sp³-hybridized carbons (Fsp3) is 0.250. The third-order valence-electron chi connectivity index (χ3n) is 1.05. The lowest BCUT2D eigenvalue weighted by molar-refractivity contribution is 1.39. The first kappa shape index (κ1) is 8.02. The van der Waals surface area contributed by atoms with Crippen LogP contribution < -0.4 is 0 Å². The van der Waals surface area contributed by atoms with E-state index in [9.17, 15) is 0 Å². The fourth-order valence-corrected chi connectivity index (χ4v) is 1.77. The molecule has 0 amide bonds. The van der Waals surface area contributed by atoms with Gasteiger partial charge in [-0.1, -0.05) is 18.2 Å². The van der Waals surface area contributed by atoms with Gasteiger partial charge >= 0.3 is 0 Å². The van der Waals surface area contributed by atoms with Crippen molar-refractivity contribution >= 4 is 24.4 Å². The lowest BCUT2D eigenvalue weighted by Crippen LogP contribution is -1.80. The molecule has 1 rings (SSSR count). The molecule has 0 bridgehead atoms. The first-order valence-corrected chi connectivity index (χ1v) is 4.58. The van der Waals surface area contributed by atoms with Crippen molar-refractivity contribution in [1.29, 1.82) is 0 Å². The van der Waals surface area contributed by atoms with Crippen LogP contribution in [0.15, 0.2) is 35.2 Å². The minimum Gasteiger partial charge on any atom is -0.165 e. The fourth-order valence-electron chi connectivity index (χ4n) is 0.696. The molecule has 2 heteroatoms. The Labute approximate surface area is 71.4 Å². The number of hydrogen-bond acceptors (Lipinski definition) is 2. The second-order valence-electron chi connectivity index (χ2n) is 2.03. The zero-order valence-corrected chi connectivity index (χ0v) is 7.53. The molecule has 1 atom stereocenters. The van der Waals surface area contributed by atoms with Crippen LogP contribution in [-0.2, 0) is 0 Å². The van der Waals surface area contributed by atoms with Crippen molar-refractivity contribution in [3.05, 3.63) is 30.3 Å². The molecule has 1 aromatic carbocycles. The summed E-state index contributed by atoms with van der Waals surface area (Å²) in [5.74, 6) is 0. The summed E-state index contributed by atoms with van der Waals surface area (Å²) >= 11 is 6.04. The predicted molar refractivity (Wildman–Crippen MR) is 50.7 cm³/mol. The Balaban J connectivity index is 2.59. The van der Waals surface area contributed by atoms with Crippen molar-refractivity contribution in [3.63, 3.8) is 0 Å². The Kier molecular flexibility index (Phi) is 3.16. The molecule has 0 saturated carbocycles. The molecule has 0 spiro atoms. The Hall–Kier alpha value is -0.0800. The van der Waals surface area contributed by atoms with Gasteiger partial charge in [0.05, 0.1) is 0 Å². The molecule has 0 aromatic heterocycles. The Morgan fingerprint density at radius 1 is 1.30 bits per heavy atom. The number of thiol groups is 1. The normalized spacial score (nSPS) is 13.0. The maximum atomic E-state index is 4.27. The van der Waals surface area contributed by atoms with E-state index >= 15 is 0 Å². The third kappa shape index (κ3) is 2.67. The van der Waals surface area contributed by atoms with E-state index in [1.165, 1.54) is 4.90 Å². The van der Waals surface area contributed by atoms with Crippen molar-refractivity contribution in [3.8, 4) is 0 Å². The number of thioether (sulfide) groups is 1. The van der Waals surface area contributed by atoms with Crippen molar-refractivity contribution in [2.75, 3.05) is 0 Å². The molecule has 0 nitrogen and oxygen atoms in total. The molecule has 0 fully saturated rings. The molecule has 0 aliphatic rings. The second-order valence-corrected chi connectivity index (χ2v) is 4.57. The van der Waals surface area contributed by atoms with Gasteiger partial charge < -0.3 is 0 Å². The topological polar surface area (TPSA) is 0 Å².